The quantitative estimate of drug-likeness (QED) is 0.420. The summed E-state index contributed by atoms with van der Waals surface area (Å²) >= 11 is 0. The number of rotatable bonds is 6. The fourth-order valence-electron chi connectivity index (χ4n) is 2.14. The van der Waals surface area contributed by atoms with E-state index in [4.69, 9.17) is 4.74 Å². The number of ether oxygens (including phenoxy) is 1. The second-order valence-electron chi connectivity index (χ2n) is 6.00. The molecule has 1 fully saturated rings. The zero-order chi connectivity index (χ0) is 16.1. The fraction of sp³-hybridized carbons (Fsp3) is 0.588. The van der Waals surface area contributed by atoms with E-state index in [0.717, 1.165) is 11.5 Å². The fourth-order valence-corrected chi connectivity index (χ4v) is 2.14. The van der Waals surface area contributed by atoms with Gasteiger partial charge >= 0.3 is 0 Å². The largest absolute Gasteiger partial charge is 0.490 e. The summed E-state index contributed by atoms with van der Waals surface area (Å²) in [7, 11) is 3.87. The predicted molar refractivity (Wildman–Crippen MR) is 103 cm³/mol. The Morgan fingerprint density at radius 1 is 1.43 bits per heavy atom. The summed E-state index contributed by atoms with van der Waals surface area (Å²) < 4.78 is 19.7. The molecule has 0 spiro atoms. The SMILES string of the molecule is CCN=C(NC(C)c1ccc(OCC2CC2)c(F)c1)N(C)C.I. The van der Waals surface area contributed by atoms with Gasteiger partial charge in [0.2, 0.25) is 0 Å². The molecule has 0 radical (unpaired) electrons. The van der Waals surface area contributed by atoms with Gasteiger partial charge in [0.1, 0.15) is 0 Å². The summed E-state index contributed by atoms with van der Waals surface area (Å²) in [5, 5.41) is 3.31. The summed E-state index contributed by atoms with van der Waals surface area (Å²) in [6.07, 6.45) is 2.40. The molecule has 0 bridgehead atoms. The lowest BCUT2D eigenvalue weighted by molar-refractivity contribution is 0.285. The Balaban J connectivity index is 0.00000264. The Morgan fingerprint density at radius 3 is 2.65 bits per heavy atom. The minimum Gasteiger partial charge on any atom is -0.490 e. The number of benzene rings is 1. The standard InChI is InChI=1S/C17H26FN3O.HI/c1-5-19-17(21(3)4)20-12(2)14-8-9-16(15(18)10-14)22-11-13-6-7-13;/h8-10,12-13H,5-7,11H2,1-4H3,(H,19,20);1H. The van der Waals surface area contributed by atoms with Crippen molar-refractivity contribution in [3.8, 4) is 5.75 Å². The smallest absolute Gasteiger partial charge is 0.193 e. The van der Waals surface area contributed by atoms with Gasteiger partial charge in [0.15, 0.2) is 17.5 Å². The normalized spacial score (nSPS) is 15.6. The molecule has 1 aromatic carbocycles. The van der Waals surface area contributed by atoms with Crippen LogP contribution in [0.3, 0.4) is 0 Å². The van der Waals surface area contributed by atoms with Crippen molar-refractivity contribution in [1.82, 2.24) is 10.2 Å². The van der Waals surface area contributed by atoms with Crippen LogP contribution in [0.15, 0.2) is 23.2 Å². The number of hydrogen-bond acceptors (Lipinski definition) is 2. The van der Waals surface area contributed by atoms with Crippen molar-refractivity contribution in [2.45, 2.75) is 32.7 Å². The highest BCUT2D eigenvalue weighted by atomic mass is 127. The first-order valence-corrected chi connectivity index (χ1v) is 7.91. The number of aliphatic imine (C=N–C) groups is 1. The third-order valence-electron chi connectivity index (χ3n) is 3.70. The monoisotopic (exact) mass is 435 g/mol. The maximum atomic E-state index is 14.1. The third-order valence-corrected chi connectivity index (χ3v) is 3.70. The first-order chi connectivity index (χ1) is 10.5. The van der Waals surface area contributed by atoms with E-state index in [1.807, 2.05) is 38.9 Å². The van der Waals surface area contributed by atoms with Crippen LogP contribution in [-0.2, 0) is 0 Å². The van der Waals surface area contributed by atoms with E-state index in [1.54, 1.807) is 12.1 Å². The number of guanidine groups is 1. The van der Waals surface area contributed by atoms with Crippen molar-refractivity contribution < 1.29 is 9.13 Å². The average Bonchev–Trinajstić information content (AvgIpc) is 3.29. The number of nitrogens with zero attached hydrogens (tertiary/aromatic N) is 2. The van der Waals surface area contributed by atoms with Gasteiger partial charge in [-0.25, -0.2) is 4.39 Å². The maximum absolute atomic E-state index is 14.1. The molecule has 1 aliphatic rings. The first kappa shape index (κ1) is 20.0. The lowest BCUT2D eigenvalue weighted by Gasteiger charge is -2.22. The third kappa shape index (κ3) is 6.16. The lowest BCUT2D eigenvalue weighted by Crippen LogP contribution is -2.38. The molecule has 1 unspecified atom stereocenters. The summed E-state index contributed by atoms with van der Waals surface area (Å²) in [4.78, 5) is 6.32. The molecular weight excluding hydrogens is 408 g/mol. The molecule has 1 aliphatic carbocycles. The molecule has 1 saturated carbocycles. The molecule has 0 aliphatic heterocycles. The van der Waals surface area contributed by atoms with E-state index < -0.39 is 0 Å². The predicted octanol–water partition coefficient (Wildman–Crippen LogP) is 3.82. The van der Waals surface area contributed by atoms with Crippen molar-refractivity contribution >= 4 is 29.9 Å². The van der Waals surface area contributed by atoms with Gasteiger partial charge in [-0.3, -0.25) is 4.99 Å². The Morgan fingerprint density at radius 2 is 2.13 bits per heavy atom. The van der Waals surface area contributed by atoms with Crippen LogP contribution in [0.25, 0.3) is 0 Å². The van der Waals surface area contributed by atoms with E-state index in [-0.39, 0.29) is 35.8 Å². The second kappa shape index (κ2) is 9.30. The highest BCUT2D eigenvalue weighted by molar-refractivity contribution is 14.0. The van der Waals surface area contributed by atoms with Crippen molar-refractivity contribution in [3.05, 3.63) is 29.6 Å². The molecule has 0 saturated heterocycles. The molecular formula is C17H27FIN3O. The van der Waals surface area contributed by atoms with Gasteiger partial charge < -0.3 is 15.0 Å². The van der Waals surface area contributed by atoms with Crippen LogP contribution < -0.4 is 10.1 Å². The molecule has 1 atom stereocenters. The van der Waals surface area contributed by atoms with Crippen LogP contribution in [0.2, 0.25) is 0 Å². The molecule has 0 heterocycles. The Hall–Kier alpha value is -1.05. The summed E-state index contributed by atoms with van der Waals surface area (Å²) in [6.45, 7) is 5.31. The molecule has 1 N–H and O–H groups in total. The van der Waals surface area contributed by atoms with Crippen LogP contribution in [-0.4, -0.2) is 38.1 Å². The van der Waals surface area contributed by atoms with Gasteiger partial charge in [0.05, 0.1) is 12.6 Å². The van der Waals surface area contributed by atoms with Crippen LogP contribution >= 0.6 is 24.0 Å². The van der Waals surface area contributed by atoms with Gasteiger partial charge in [-0.05, 0) is 50.3 Å². The number of nitrogens with one attached hydrogen (secondary N) is 1. The van der Waals surface area contributed by atoms with Gasteiger partial charge in [-0.15, -0.1) is 24.0 Å². The average molecular weight is 435 g/mol. The van der Waals surface area contributed by atoms with E-state index in [2.05, 4.69) is 10.3 Å². The van der Waals surface area contributed by atoms with Gasteiger partial charge in [0, 0.05) is 20.6 Å². The van der Waals surface area contributed by atoms with E-state index in [1.165, 1.54) is 12.8 Å². The van der Waals surface area contributed by atoms with Crippen LogP contribution in [0.4, 0.5) is 4.39 Å². The van der Waals surface area contributed by atoms with Crippen molar-refractivity contribution in [2.24, 2.45) is 10.9 Å². The molecule has 1 aromatic rings. The molecule has 4 nitrogen and oxygen atoms in total. The van der Waals surface area contributed by atoms with Crippen LogP contribution in [0.1, 0.15) is 38.3 Å². The van der Waals surface area contributed by atoms with E-state index in [9.17, 15) is 4.39 Å². The molecule has 2 rings (SSSR count). The summed E-state index contributed by atoms with van der Waals surface area (Å²) in [6, 6.07) is 5.14. The minimum atomic E-state index is -0.300. The van der Waals surface area contributed by atoms with Crippen molar-refractivity contribution in [3.63, 3.8) is 0 Å². The Bertz CT molecular complexity index is 533. The molecule has 0 aromatic heterocycles. The number of hydrogen-bond donors (Lipinski definition) is 1. The first-order valence-electron chi connectivity index (χ1n) is 7.91. The molecule has 130 valence electrons. The van der Waals surface area contributed by atoms with Crippen molar-refractivity contribution in [2.75, 3.05) is 27.2 Å². The minimum absolute atomic E-state index is 0. The highest BCUT2D eigenvalue weighted by Gasteiger charge is 2.22. The Labute approximate surface area is 155 Å². The van der Waals surface area contributed by atoms with Crippen molar-refractivity contribution in [1.29, 1.82) is 0 Å². The summed E-state index contributed by atoms with van der Waals surface area (Å²) in [5.74, 6) is 1.46. The lowest BCUT2D eigenvalue weighted by atomic mass is 10.1. The Kier molecular flexibility index (Phi) is 8.08. The highest BCUT2D eigenvalue weighted by Crippen LogP contribution is 2.30. The van der Waals surface area contributed by atoms with E-state index >= 15 is 0 Å². The van der Waals surface area contributed by atoms with Gasteiger partial charge in [-0.1, -0.05) is 6.07 Å². The topological polar surface area (TPSA) is 36.9 Å². The van der Waals surface area contributed by atoms with Gasteiger partial charge in [-0.2, -0.15) is 0 Å². The molecule has 0 amide bonds. The van der Waals surface area contributed by atoms with Gasteiger partial charge in [0.25, 0.3) is 0 Å². The maximum Gasteiger partial charge on any atom is 0.193 e. The zero-order valence-electron chi connectivity index (χ0n) is 14.3. The molecule has 6 heteroatoms. The van der Waals surface area contributed by atoms with Crippen LogP contribution in [0, 0.1) is 11.7 Å². The molecule has 23 heavy (non-hydrogen) atoms. The van der Waals surface area contributed by atoms with Crippen LogP contribution in [0.5, 0.6) is 5.75 Å². The number of halogens is 2. The summed E-state index contributed by atoms with van der Waals surface area (Å²) in [5.41, 5.74) is 0.877. The van der Waals surface area contributed by atoms with E-state index in [0.29, 0.717) is 24.8 Å². The second-order valence-corrected chi connectivity index (χ2v) is 6.00. The zero-order valence-corrected chi connectivity index (χ0v) is 16.6.